The molecule has 0 N–H and O–H groups in total. The molecule has 1 aliphatic rings. The molecule has 5 aromatic rings. The van der Waals surface area contributed by atoms with Crippen LogP contribution in [-0.2, 0) is 23.5 Å². The fraction of sp³-hybridized carbons (Fsp3) is 0.250. The number of fused-ring (bicyclic) bond motifs is 5. The first kappa shape index (κ1) is 21.7. The summed E-state index contributed by atoms with van der Waals surface area (Å²) in [6.07, 6.45) is 2.54. The standard InChI is InChI=1S/C28H25N3OS2/c1-17-9-11-18(12-10-17)15-33-27-25-24(29-16-30-27)22-20-13-28(2,3)32-14-21(20)23(31-26(22)34-25)19-7-5-4-6-8-19/h4-12,16H,13-15H2,1-3H3. The van der Waals surface area contributed by atoms with Crippen LogP contribution in [0, 0.1) is 6.92 Å². The lowest BCUT2D eigenvalue weighted by Crippen LogP contribution is -2.32. The maximum absolute atomic E-state index is 6.24. The number of thioether (sulfide) groups is 1. The second-order valence-electron chi connectivity index (χ2n) is 9.42. The Labute approximate surface area is 207 Å². The molecular formula is C28H25N3OS2. The third kappa shape index (κ3) is 3.90. The van der Waals surface area contributed by atoms with Crippen molar-refractivity contribution in [3.8, 4) is 11.3 Å². The van der Waals surface area contributed by atoms with Crippen molar-refractivity contribution in [1.82, 2.24) is 15.0 Å². The van der Waals surface area contributed by atoms with Gasteiger partial charge in [-0.15, -0.1) is 23.1 Å². The maximum atomic E-state index is 6.24. The van der Waals surface area contributed by atoms with Gasteiger partial charge in [0.25, 0.3) is 0 Å². The van der Waals surface area contributed by atoms with Crippen LogP contribution in [0.15, 0.2) is 66.0 Å². The van der Waals surface area contributed by atoms with Crippen molar-refractivity contribution >= 4 is 43.5 Å². The Morgan fingerprint density at radius 3 is 2.59 bits per heavy atom. The highest BCUT2D eigenvalue weighted by Crippen LogP contribution is 2.44. The van der Waals surface area contributed by atoms with Crippen LogP contribution in [0.2, 0.25) is 0 Å². The van der Waals surface area contributed by atoms with Crippen molar-refractivity contribution < 1.29 is 4.74 Å². The number of ether oxygens (including phenoxy) is 1. The van der Waals surface area contributed by atoms with Gasteiger partial charge < -0.3 is 4.74 Å². The number of rotatable bonds is 4. The van der Waals surface area contributed by atoms with E-state index in [2.05, 4.69) is 74.3 Å². The SMILES string of the molecule is Cc1ccc(CSc2ncnc3c2sc2nc(-c4ccccc4)c4c(c23)CC(C)(C)OC4)cc1. The second kappa shape index (κ2) is 8.45. The number of aryl methyl sites for hydroxylation is 1. The first-order valence-corrected chi connectivity index (χ1v) is 13.3. The second-order valence-corrected chi connectivity index (χ2v) is 11.4. The van der Waals surface area contributed by atoms with E-state index in [-0.39, 0.29) is 5.60 Å². The maximum Gasteiger partial charge on any atom is 0.127 e. The first-order chi connectivity index (χ1) is 16.5. The number of thiophene rings is 1. The quantitative estimate of drug-likeness (QED) is 0.197. The summed E-state index contributed by atoms with van der Waals surface area (Å²) in [5.74, 6) is 0.877. The summed E-state index contributed by atoms with van der Waals surface area (Å²) >= 11 is 3.48. The first-order valence-electron chi connectivity index (χ1n) is 11.5. The van der Waals surface area contributed by atoms with Gasteiger partial charge in [-0.2, -0.15) is 0 Å². The molecule has 1 aliphatic heterocycles. The minimum absolute atomic E-state index is 0.223. The molecule has 2 aromatic carbocycles. The van der Waals surface area contributed by atoms with Crippen LogP contribution >= 0.6 is 23.1 Å². The molecule has 0 unspecified atom stereocenters. The van der Waals surface area contributed by atoms with Gasteiger partial charge in [0, 0.05) is 28.7 Å². The molecule has 3 aromatic heterocycles. The zero-order chi connectivity index (χ0) is 23.3. The molecule has 4 heterocycles. The number of pyridine rings is 1. The van der Waals surface area contributed by atoms with Crippen LogP contribution in [-0.4, -0.2) is 20.6 Å². The minimum Gasteiger partial charge on any atom is -0.370 e. The fourth-order valence-corrected chi connectivity index (χ4v) is 6.75. The third-order valence-corrected chi connectivity index (χ3v) is 8.61. The molecule has 34 heavy (non-hydrogen) atoms. The molecule has 0 radical (unpaired) electrons. The van der Waals surface area contributed by atoms with E-state index in [0.29, 0.717) is 6.61 Å². The Morgan fingerprint density at radius 1 is 1.00 bits per heavy atom. The van der Waals surface area contributed by atoms with Crippen molar-refractivity contribution in [1.29, 1.82) is 0 Å². The topological polar surface area (TPSA) is 47.9 Å². The van der Waals surface area contributed by atoms with E-state index in [1.54, 1.807) is 29.4 Å². The highest BCUT2D eigenvalue weighted by Gasteiger charge is 2.32. The van der Waals surface area contributed by atoms with Crippen LogP contribution in [0.1, 0.15) is 36.1 Å². The van der Waals surface area contributed by atoms with Gasteiger partial charge in [0.2, 0.25) is 0 Å². The van der Waals surface area contributed by atoms with Gasteiger partial charge in [-0.1, -0.05) is 60.2 Å². The van der Waals surface area contributed by atoms with Crippen molar-refractivity contribution in [2.45, 2.75) is 50.2 Å². The van der Waals surface area contributed by atoms with E-state index >= 15 is 0 Å². The van der Waals surface area contributed by atoms with Crippen molar-refractivity contribution in [3.63, 3.8) is 0 Å². The van der Waals surface area contributed by atoms with Gasteiger partial charge in [-0.3, -0.25) is 0 Å². The molecule has 0 saturated heterocycles. The third-order valence-electron chi connectivity index (χ3n) is 6.34. The van der Waals surface area contributed by atoms with Crippen LogP contribution in [0.25, 0.3) is 31.7 Å². The Bertz CT molecular complexity index is 1510. The summed E-state index contributed by atoms with van der Waals surface area (Å²) in [5, 5.41) is 2.19. The van der Waals surface area contributed by atoms with Gasteiger partial charge in [0.05, 0.1) is 28.1 Å². The van der Waals surface area contributed by atoms with Crippen molar-refractivity contribution in [3.05, 3.63) is 83.2 Å². The summed E-state index contributed by atoms with van der Waals surface area (Å²) < 4.78 is 7.36. The predicted molar refractivity (Wildman–Crippen MR) is 141 cm³/mol. The van der Waals surface area contributed by atoms with E-state index in [1.807, 2.05) is 6.07 Å². The summed E-state index contributed by atoms with van der Waals surface area (Å²) in [7, 11) is 0. The monoisotopic (exact) mass is 483 g/mol. The Hall–Kier alpha value is -2.80. The lowest BCUT2D eigenvalue weighted by molar-refractivity contribution is -0.0394. The smallest absolute Gasteiger partial charge is 0.127 e. The molecule has 4 nitrogen and oxygen atoms in total. The average Bonchev–Trinajstić information content (AvgIpc) is 3.22. The number of hydrogen-bond acceptors (Lipinski definition) is 6. The van der Waals surface area contributed by atoms with E-state index in [9.17, 15) is 0 Å². The van der Waals surface area contributed by atoms with E-state index in [4.69, 9.17) is 14.7 Å². The molecule has 0 fully saturated rings. The Kier molecular flexibility index (Phi) is 5.40. The van der Waals surface area contributed by atoms with Crippen molar-refractivity contribution in [2.75, 3.05) is 0 Å². The fourth-order valence-electron chi connectivity index (χ4n) is 4.56. The van der Waals surface area contributed by atoms with Gasteiger partial charge in [0.1, 0.15) is 16.2 Å². The summed E-state index contributed by atoms with van der Waals surface area (Å²) in [4.78, 5) is 15.6. The van der Waals surface area contributed by atoms with Crippen LogP contribution in [0.5, 0.6) is 0 Å². The van der Waals surface area contributed by atoms with Gasteiger partial charge in [0.15, 0.2) is 0 Å². The predicted octanol–water partition coefficient (Wildman–Crippen LogP) is 7.36. The highest BCUT2D eigenvalue weighted by molar-refractivity contribution is 7.98. The van der Waals surface area contributed by atoms with Crippen LogP contribution in [0.4, 0.5) is 0 Å². The zero-order valence-corrected chi connectivity index (χ0v) is 21.1. The molecule has 0 spiro atoms. The highest BCUT2D eigenvalue weighted by atomic mass is 32.2. The van der Waals surface area contributed by atoms with Crippen LogP contribution in [0.3, 0.4) is 0 Å². The molecule has 0 saturated carbocycles. The Balaban J connectivity index is 1.52. The summed E-state index contributed by atoms with van der Waals surface area (Å²) in [5.41, 5.74) is 8.02. The normalized spacial score (nSPS) is 15.0. The largest absolute Gasteiger partial charge is 0.370 e. The number of aromatic nitrogens is 3. The molecule has 0 atom stereocenters. The average molecular weight is 484 g/mol. The molecule has 6 rings (SSSR count). The number of hydrogen-bond donors (Lipinski definition) is 0. The molecule has 6 heteroatoms. The molecule has 0 aliphatic carbocycles. The van der Waals surface area contributed by atoms with Crippen molar-refractivity contribution in [2.24, 2.45) is 0 Å². The van der Waals surface area contributed by atoms with E-state index in [1.165, 1.54) is 27.6 Å². The van der Waals surface area contributed by atoms with Crippen LogP contribution < -0.4 is 0 Å². The summed E-state index contributed by atoms with van der Waals surface area (Å²) in [6, 6.07) is 19.1. The lowest BCUT2D eigenvalue weighted by Gasteiger charge is -2.33. The Morgan fingerprint density at radius 2 is 1.79 bits per heavy atom. The van der Waals surface area contributed by atoms with Gasteiger partial charge >= 0.3 is 0 Å². The summed E-state index contributed by atoms with van der Waals surface area (Å²) in [6.45, 7) is 7.01. The van der Waals surface area contributed by atoms with E-state index < -0.39 is 0 Å². The van der Waals surface area contributed by atoms with Gasteiger partial charge in [-0.25, -0.2) is 15.0 Å². The zero-order valence-electron chi connectivity index (χ0n) is 19.5. The minimum atomic E-state index is -0.223. The molecule has 170 valence electrons. The van der Waals surface area contributed by atoms with E-state index in [0.717, 1.165) is 43.5 Å². The molecule has 0 amide bonds. The van der Waals surface area contributed by atoms with Gasteiger partial charge in [-0.05, 0) is 31.9 Å². The lowest BCUT2D eigenvalue weighted by atomic mass is 9.88. The number of benzene rings is 2. The molecule has 0 bridgehead atoms. The number of nitrogens with zero attached hydrogens (tertiary/aromatic N) is 3. The molecular weight excluding hydrogens is 458 g/mol.